The third-order valence-electron chi connectivity index (χ3n) is 2.57. The van der Waals surface area contributed by atoms with Crippen LogP contribution < -0.4 is 11.1 Å². The molecular weight excluding hydrogens is 250 g/mol. The first-order valence-electron chi connectivity index (χ1n) is 5.41. The van der Waals surface area contributed by atoms with Crippen LogP contribution in [-0.2, 0) is 0 Å². The first-order valence-corrected chi connectivity index (χ1v) is 5.41. The first kappa shape index (κ1) is 12.8. The molecule has 0 bridgehead atoms. The van der Waals surface area contributed by atoms with Crippen LogP contribution in [0.15, 0.2) is 24.3 Å². The SMILES string of the molecule is Cc1ccc(F)c(Nc2ccc(N)c(C#N)n2)c1F. The summed E-state index contributed by atoms with van der Waals surface area (Å²) in [4.78, 5) is 3.87. The van der Waals surface area contributed by atoms with Crippen molar-refractivity contribution in [3.63, 3.8) is 0 Å². The van der Waals surface area contributed by atoms with Crippen LogP contribution in [0.1, 0.15) is 11.3 Å². The van der Waals surface area contributed by atoms with Gasteiger partial charge in [0.15, 0.2) is 11.5 Å². The quantitative estimate of drug-likeness (QED) is 0.870. The molecule has 0 spiro atoms. The second-order valence-corrected chi connectivity index (χ2v) is 3.92. The predicted octanol–water partition coefficient (Wildman–Crippen LogP) is 2.87. The summed E-state index contributed by atoms with van der Waals surface area (Å²) in [5, 5.41) is 11.3. The van der Waals surface area contributed by atoms with Crippen LogP contribution in [0.4, 0.5) is 26.0 Å². The number of nitrogens with two attached hydrogens (primary N) is 1. The Kier molecular flexibility index (Phi) is 3.29. The van der Waals surface area contributed by atoms with E-state index in [9.17, 15) is 8.78 Å². The zero-order chi connectivity index (χ0) is 14.0. The highest BCUT2D eigenvalue weighted by Gasteiger charge is 2.12. The molecule has 0 saturated carbocycles. The molecular formula is C13H10F2N4. The van der Waals surface area contributed by atoms with E-state index in [0.29, 0.717) is 5.56 Å². The summed E-state index contributed by atoms with van der Waals surface area (Å²) in [6.07, 6.45) is 0. The molecule has 19 heavy (non-hydrogen) atoms. The first-order chi connectivity index (χ1) is 9.02. The molecule has 0 aliphatic rings. The monoisotopic (exact) mass is 260 g/mol. The molecule has 2 aromatic rings. The summed E-state index contributed by atoms with van der Waals surface area (Å²) in [7, 11) is 0. The third kappa shape index (κ3) is 2.45. The third-order valence-corrected chi connectivity index (χ3v) is 2.57. The van der Waals surface area contributed by atoms with Crippen LogP contribution in [0.3, 0.4) is 0 Å². The van der Waals surface area contributed by atoms with Crippen molar-refractivity contribution in [2.75, 3.05) is 11.1 Å². The average molecular weight is 260 g/mol. The van der Waals surface area contributed by atoms with E-state index in [4.69, 9.17) is 11.0 Å². The van der Waals surface area contributed by atoms with Crippen LogP contribution in [0.25, 0.3) is 0 Å². The van der Waals surface area contributed by atoms with Gasteiger partial charge in [-0.25, -0.2) is 13.8 Å². The Morgan fingerprint density at radius 1 is 1.26 bits per heavy atom. The number of nitrogens with one attached hydrogen (secondary N) is 1. The maximum atomic E-state index is 13.8. The van der Waals surface area contributed by atoms with Gasteiger partial charge in [0.2, 0.25) is 0 Å². The minimum Gasteiger partial charge on any atom is -0.396 e. The minimum atomic E-state index is -0.736. The number of benzene rings is 1. The zero-order valence-corrected chi connectivity index (χ0v) is 10.0. The lowest BCUT2D eigenvalue weighted by Crippen LogP contribution is -2.03. The molecule has 0 fully saturated rings. The van der Waals surface area contributed by atoms with Gasteiger partial charge in [0.25, 0.3) is 0 Å². The molecule has 0 radical (unpaired) electrons. The van der Waals surface area contributed by atoms with Gasteiger partial charge in [-0.05, 0) is 30.7 Å². The van der Waals surface area contributed by atoms with Crippen molar-refractivity contribution in [1.82, 2.24) is 4.98 Å². The number of nitriles is 1. The van der Waals surface area contributed by atoms with Gasteiger partial charge >= 0.3 is 0 Å². The van der Waals surface area contributed by atoms with Crippen molar-refractivity contribution in [2.45, 2.75) is 6.92 Å². The van der Waals surface area contributed by atoms with Gasteiger partial charge in [-0.1, -0.05) is 6.07 Å². The van der Waals surface area contributed by atoms with Crippen molar-refractivity contribution in [1.29, 1.82) is 5.26 Å². The summed E-state index contributed by atoms with van der Waals surface area (Å²) in [5.41, 5.74) is 5.72. The Hall–Kier alpha value is -2.68. The van der Waals surface area contributed by atoms with Crippen molar-refractivity contribution in [2.24, 2.45) is 0 Å². The lowest BCUT2D eigenvalue weighted by molar-refractivity contribution is 0.584. The molecule has 6 heteroatoms. The normalized spacial score (nSPS) is 10.0. The van der Waals surface area contributed by atoms with Crippen LogP contribution >= 0.6 is 0 Å². The molecule has 3 N–H and O–H groups in total. The van der Waals surface area contributed by atoms with E-state index in [1.54, 1.807) is 6.07 Å². The van der Waals surface area contributed by atoms with Crippen LogP contribution in [0.5, 0.6) is 0 Å². The number of nitrogen functional groups attached to an aromatic ring is 1. The highest BCUT2D eigenvalue weighted by Crippen LogP contribution is 2.25. The number of hydrogen-bond donors (Lipinski definition) is 2. The molecule has 0 saturated heterocycles. The van der Waals surface area contributed by atoms with E-state index < -0.39 is 11.6 Å². The molecule has 1 aromatic carbocycles. The zero-order valence-electron chi connectivity index (χ0n) is 10.0. The molecule has 0 aliphatic heterocycles. The Morgan fingerprint density at radius 3 is 2.68 bits per heavy atom. The summed E-state index contributed by atoms with van der Waals surface area (Å²) in [6, 6.07) is 7.18. The van der Waals surface area contributed by atoms with Gasteiger partial charge < -0.3 is 11.1 Å². The molecule has 1 heterocycles. The van der Waals surface area contributed by atoms with Gasteiger partial charge in [-0.2, -0.15) is 5.26 Å². The second-order valence-electron chi connectivity index (χ2n) is 3.92. The fourth-order valence-electron chi connectivity index (χ4n) is 1.53. The number of pyridine rings is 1. The van der Waals surface area contributed by atoms with Gasteiger partial charge in [0.05, 0.1) is 5.69 Å². The molecule has 4 nitrogen and oxygen atoms in total. The molecule has 1 aromatic heterocycles. The van der Waals surface area contributed by atoms with Crippen molar-refractivity contribution < 1.29 is 8.78 Å². The van der Waals surface area contributed by atoms with Gasteiger partial charge in [-0.3, -0.25) is 0 Å². The Balaban J connectivity index is 2.42. The Labute approximate surface area is 108 Å². The standard InChI is InChI=1S/C13H10F2N4/c1-7-2-3-8(14)13(12(7)15)19-11-5-4-9(17)10(6-16)18-11/h2-5H,17H2,1H3,(H,18,19). The van der Waals surface area contributed by atoms with E-state index in [0.717, 1.165) is 6.07 Å². The van der Waals surface area contributed by atoms with E-state index in [1.807, 2.05) is 0 Å². The number of rotatable bonds is 2. The summed E-state index contributed by atoms with van der Waals surface area (Å²) >= 11 is 0. The van der Waals surface area contributed by atoms with Gasteiger partial charge in [0, 0.05) is 0 Å². The maximum absolute atomic E-state index is 13.8. The smallest absolute Gasteiger partial charge is 0.165 e. The molecule has 96 valence electrons. The minimum absolute atomic E-state index is 0.00142. The van der Waals surface area contributed by atoms with Crippen molar-refractivity contribution in [3.8, 4) is 6.07 Å². The second kappa shape index (κ2) is 4.90. The summed E-state index contributed by atoms with van der Waals surface area (Å²) in [5.74, 6) is -1.29. The Bertz CT molecular complexity index is 677. The molecule has 0 atom stereocenters. The van der Waals surface area contributed by atoms with Gasteiger partial charge in [0.1, 0.15) is 23.4 Å². The number of aromatic nitrogens is 1. The summed E-state index contributed by atoms with van der Waals surface area (Å²) < 4.78 is 27.3. The van der Waals surface area contributed by atoms with Crippen molar-refractivity contribution >= 4 is 17.2 Å². The lowest BCUT2D eigenvalue weighted by Gasteiger charge is -2.10. The maximum Gasteiger partial charge on any atom is 0.165 e. The van der Waals surface area contributed by atoms with Crippen molar-refractivity contribution in [3.05, 3.63) is 47.2 Å². The highest BCUT2D eigenvalue weighted by molar-refractivity contribution is 5.62. The molecule has 2 rings (SSSR count). The average Bonchev–Trinajstić information content (AvgIpc) is 2.41. The van der Waals surface area contributed by atoms with E-state index in [-0.39, 0.29) is 22.9 Å². The van der Waals surface area contributed by atoms with Gasteiger partial charge in [-0.15, -0.1) is 0 Å². The predicted molar refractivity (Wildman–Crippen MR) is 67.7 cm³/mol. The summed E-state index contributed by atoms with van der Waals surface area (Å²) in [6.45, 7) is 1.52. The number of hydrogen-bond acceptors (Lipinski definition) is 4. The van der Waals surface area contributed by atoms with E-state index in [2.05, 4.69) is 10.3 Å². The molecule has 0 unspecified atom stereocenters. The fourth-order valence-corrected chi connectivity index (χ4v) is 1.53. The number of halogens is 2. The van der Waals surface area contributed by atoms with Crippen LogP contribution in [0.2, 0.25) is 0 Å². The lowest BCUT2D eigenvalue weighted by atomic mass is 10.2. The number of nitrogens with zero attached hydrogens (tertiary/aromatic N) is 2. The fraction of sp³-hybridized carbons (Fsp3) is 0.0769. The van der Waals surface area contributed by atoms with Crippen LogP contribution in [-0.4, -0.2) is 4.98 Å². The Morgan fingerprint density at radius 2 is 2.00 bits per heavy atom. The van der Waals surface area contributed by atoms with E-state index in [1.165, 1.54) is 25.1 Å². The highest BCUT2D eigenvalue weighted by atomic mass is 19.1. The van der Waals surface area contributed by atoms with Crippen LogP contribution in [0, 0.1) is 29.9 Å². The topological polar surface area (TPSA) is 74.7 Å². The number of aryl methyl sites for hydroxylation is 1. The van der Waals surface area contributed by atoms with E-state index >= 15 is 0 Å². The molecule has 0 amide bonds. The number of anilines is 3. The molecule has 0 aliphatic carbocycles. The largest absolute Gasteiger partial charge is 0.396 e.